The first-order chi connectivity index (χ1) is 9.54. The molecule has 0 radical (unpaired) electrons. The Balaban J connectivity index is 1.86. The summed E-state index contributed by atoms with van der Waals surface area (Å²) >= 11 is 1.11. The number of carboxylic acid groups (broad SMARTS) is 1. The third-order valence-corrected chi connectivity index (χ3v) is 4.10. The van der Waals surface area contributed by atoms with E-state index in [2.05, 4.69) is 11.4 Å². The number of carbonyl (C=O) groups excluding carboxylic acids is 1. The Kier molecular flexibility index (Phi) is 4.35. The molecule has 106 valence electrons. The number of nitriles is 1. The van der Waals surface area contributed by atoms with E-state index >= 15 is 0 Å². The highest BCUT2D eigenvalue weighted by Gasteiger charge is 2.35. The number of carboxylic acids is 1. The van der Waals surface area contributed by atoms with Crippen molar-refractivity contribution in [3.63, 3.8) is 0 Å². The maximum atomic E-state index is 11.8. The van der Waals surface area contributed by atoms with Crippen LogP contribution in [0.2, 0.25) is 0 Å². The number of thioether (sulfide) groups is 1. The van der Waals surface area contributed by atoms with Gasteiger partial charge in [0.15, 0.2) is 5.09 Å². The Bertz CT molecular complexity index is 555. The van der Waals surface area contributed by atoms with Crippen molar-refractivity contribution in [2.75, 3.05) is 5.75 Å². The summed E-state index contributed by atoms with van der Waals surface area (Å²) in [6.45, 7) is 0. The van der Waals surface area contributed by atoms with Crippen LogP contribution in [-0.2, 0) is 4.79 Å². The first-order valence-electron chi connectivity index (χ1n) is 6.23. The zero-order valence-corrected chi connectivity index (χ0v) is 11.5. The van der Waals surface area contributed by atoms with Crippen molar-refractivity contribution in [1.29, 1.82) is 5.26 Å². The van der Waals surface area contributed by atoms with Gasteiger partial charge in [0.1, 0.15) is 5.54 Å². The van der Waals surface area contributed by atoms with E-state index in [1.165, 1.54) is 12.1 Å². The van der Waals surface area contributed by atoms with E-state index in [4.69, 9.17) is 14.8 Å². The molecule has 1 aromatic rings. The fourth-order valence-electron chi connectivity index (χ4n) is 2.20. The number of nitrogens with one attached hydrogen (secondary N) is 1. The monoisotopic (exact) mass is 294 g/mol. The Morgan fingerprint density at radius 2 is 2.15 bits per heavy atom. The van der Waals surface area contributed by atoms with E-state index in [1.54, 1.807) is 0 Å². The summed E-state index contributed by atoms with van der Waals surface area (Å²) in [6, 6.07) is 5.04. The molecule has 7 heteroatoms. The van der Waals surface area contributed by atoms with Crippen molar-refractivity contribution < 1.29 is 19.1 Å². The molecule has 0 atom stereocenters. The molecule has 20 heavy (non-hydrogen) atoms. The molecule has 0 aliphatic heterocycles. The molecule has 1 aliphatic carbocycles. The molecule has 1 aliphatic rings. The highest BCUT2D eigenvalue weighted by molar-refractivity contribution is 7.99. The molecular formula is C13H14N2O4S. The van der Waals surface area contributed by atoms with Crippen molar-refractivity contribution in [3.05, 3.63) is 17.9 Å². The summed E-state index contributed by atoms with van der Waals surface area (Å²) in [7, 11) is 0. The second kappa shape index (κ2) is 6.01. The number of amides is 1. The summed E-state index contributed by atoms with van der Waals surface area (Å²) in [5, 5.41) is 21.0. The van der Waals surface area contributed by atoms with Gasteiger partial charge in [-0.05, 0) is 37.8 Å². The van der Waals surface area contributed by atoms with Crippen LogP contribution in [-0.4, -0.2) is 28.3 Å². The predicted octanol–water partition coefficient (Wildman–Crippen LogP) is 2.02. The molecule has 0 saturated heterocycles. The smallest absolute Gasteiger partial charge is 0.371 e. The second-order valence-electron chi connectivity index (χ2n) is 4.66. The minimum absolute atomic E-state index is 0.0933. The van der Waals surface area contributed by atoms with Crippen molar-refractivity contribution in [3.8, 4) is 6.07 Å². The number of carbonyl (C=O) groups is 2. The van der Waals surface area contributed by atoms with Crippen LogP contribution in [0, 0.1) is 11.3 Å². The Hall–Kier alpha value is -1.94. The fraction of sp³-hybridized carbons (Fsp3) is 0.462. The zero-order valence-electron chi connectivity index (χ0n) is 10.7. The van der Waals surface area contributed by atoms with Crippen molar-refractivity contribution in [1.82, 2.24) is 5.32 Å². The van der Waals surface area contributed by atoms with E-state index in [9.17, 15) is 9.59 Å². The lowest BCUT2D eigenvalue weighted by atomic mass is 10.0. The maximum absolute atomic E-state index is 11.8. The average molecular weight is 294 g/mol. The molecule has 0 unspecified atom stereocenters. The van der Waals surface area contributed by atoms with Crippen molar-refractivity contribution in [2.24, 2.45) is 0 Å². The highest BCUT2D eigenvalue weighted by Crippen LogP contribution is 2.29. The van der Waals surface area contributed by atoms with Gasteiger partial charge in [-0.15, -0.1) is 0 Å². The Labute approximate surface area is 120 Å². The first-order valence-corrected chi connectivity index (χ1v) is 7.21. The van der Waals surface area contributed by atoms with Crippen LogP contribution in [0.5, 0.6) is 0 Å². The predicted molar refractivity (Wildman–Crippen MR) is 71.3 cm³/mol. The number of rotatable bonds is 5. The average Bonchev–Trinajstić information content (AvgIpc) is 3.06. The van der Waals surface area contributed by atoms with Gasteiger partial charge in [-0.1, -0.05) is 11.8 Å². The molecule has 0 aromatic carbocycles. The van der Waals surface area contributed by atoms with E-state index < -0.39 is 11.5 Å². The minimum atomic E-state index is -1.14. The summed E-state index contributed by atoms with van der Waals surface area (Å²) < 4.78 is 5.04. The molecule has 1 heterocycles. The van der Waals surface area contributed by atoms with Crippen LogP contribution in [0.4, 0.5) is 0 Å². The van der Waals surface area contributed by atoms with Crippen LogP contribution < -0.4 is 5.32 Å². The molecule has 1 aromatic heterocycles. The van der Waals surface area contributed by atoms with E-state index in [0.717, 1.165) is 24.6 Å². The van der Waals surface area contributed by atoms with Gasteiger partial charge in [-0.2, -0.15) is 5.26 Å². The molecule has 1 amide bonds. The topological polar surface area (TPSA) is 103 Å². The van der Waals surface area contributed by atoms with Crippen LogP contribution in [0.25, 0.3) is 0 Å². The summed E-state index contributed by atoms with van der Waals surface area (Å²) in [5.74, 6) is -1.45. The molecule has 1 fully saturated rings. The van der Waals surface area contributed by atoms with Gasteiger partial charge < -0.3 is 14.8 Å². The first kappa shape index (κ1) is 14.5. The molecule has 2 rings (SSSR count). The van der Waals surface area contributed by atoms with Crippen LogP contribution in [0.15, 0.2) is 21.6 Å². The van der Waals surface area contributed by atoms with Crippen LogP contribution in [0.1, 0.15) is 36.2 Å². The van der Waals surface area contributed by atoms with Gasteiger partial charge in [0.25, 0.3) is 0 Å². The largest absolute Gasteiger partial charge is 0.475 e. The molecule has 0 bridgehead atoms. The minimum Gasteiger partial charge on any atom is -0.475 e. The zero-order chi connectivity index (χ0) is 14.6. The van der Waals surface area contributed by atoms with Gasteiger partial charge >= 0.3 is 5.97 Å². The van der Waals surface area contributed by atoms with E-state index in [-0.39, 0.29) is 17.4 Å². The van der Waals surface area contributed by atoms with Gasteiger partial charge in [0, 0.05) is 0 Å². The van der Waals surface area contributed by atoms with Crippen molar-refractivity contribution >= 4 is 23.6 Å². The number of furan rings is 1. The third-order valence-electron chi connectivity index (χ3n) is 3.19. The lowest BCUT2D eigenvalue weighted by Crippen LogP contribution is -2.45. The second-order valence-corrected chi connectivity index (χ2v) is 5.64. The SMILES string of the molecule is N#CC1(NC(=O)CSc2ccc(C(=O)O)o2)CCCC1. The quantitative estimate of drug-likeness (QED) is 0.805. The van der Waals surface area contributed by atoms with Gasteiger partial charge in [0.05, 0.1) is 11.8 Å². The number of aromatic carboxylic acids is 1. The number of hydrogen-bond acceptors (Lipinski definition) is 5. The lowest BCUT2D eigenvalue weighted by Gasteiger charge is -2.21. The van der Waals surface area contributed by atoms with Gasteiger partial charge in [-0.25, -0.2) is 4.79 Å². The van der Waals surface area contributed by atoms with Gasteiger partial charge in [-0.3, -0.25) is 4.79 Å². The molecule has 1 saturated carbocycles. The van der Waals surface area contributed by atoms with E-state index in [0.29, 0.717) is 17.9 Å². The molecular weight excluding hydrogens is 280 g/mol. The summed E-state index contributed by atoms with van der Waals surface area (Å²) in [6.07, 6.45) is 3.26. The number of hydrogen-bond donors (Lipinski definition) is 2. The van der Waals surface area contributed by atoms with Gasteiger partial charge in [0.2, 0.25) is 11.7 Å². The Morgan fingerprint density at radius 1 is 1.45 bits per heavy atom. The summed E-state index contributed by atoms with van der Waals surface area (Å²) in [5.41, 5.74) is -0.729. The highest BCUT2D eigenvalue weighted by atomic mass is 32.2. The van der Waals surface area contributed by atoms with Crippen LogP contribution in [0.3, 0.4) is 0 Å². The Morgan fingerprint density at radius 3 is 2.70 bits per heavy atom. The molecule has 6 nitrogen and oxygen atoms in total. The van der Waals surface area contributed by atoms with E-state index in [1.807, 2.05) is 0 Å². The number of nitrogens with zero attached hydrogens (tertiary/aromatic N) is 1. The maximum Gasteiger partial charge on any atom is 0.371 e. The normalized spacial score (nSPS) is 16.6. The molecule has 2 N–H and O–H groups in total. The third kappa shape index (κ3) is 3.33. The molecule has 0 spiro atoms. The van der Waals surface area contributed by atoms with Crippen molar-refractivity contribution in [2.45, 2.75) is 36.3 Å². The summed E-state index contributed by atoms with van der Waals surface area (Å²) in [4.78, 5) is 22.5. The standard InChI is InChI=1S/C13H14N2O4S/c14-8-13(5-1-2-6-13)15-10(16)7-20-11-4-3-9(19-11)12(17)18/h3-4H,1-2,5-7H2,(H,15,16)(H,17,18). The fourth-order valence-corrected chi connectivity index (χ4v) is 2.85. The van der Waals surface area contributed by atoms with Crippen LogP contribution >= 0.6 is 11.8 Å². The lowest BCUT2D eigenvalue weighted by molar-refractivity contribution is -0.119.